The Morgan fingerprint density at radius 2 is 2.29 bits per heavy atom. The van der Waals surface area contributed by atoms with E-state index in [4.69, 9.17) is 10.5 Å². The van der Waals surface area contributed by atoms with Crippen molar-refractivity contribution in [1.29, 1.82) is 0 Å². The van der Waals surface area contributed by atoms with Crippen molar-refractivity contribution < 1.29 is 4.74 Å². The molecule has 0 aromatic heterocycles. The topological polar surface area (TPSA) is 35.2 Å². The molecule has 2 nitrogen and oxygen atoms in total. The van der Waals surface area contributed by atoms with Crippen molar-refractivity contribution in [3.63, 3.8) is 0 Å². The Morgan fingerprint density at radius 3 is 3.00 bits per heavy atom. The third-order valence-electron chi connectivity index (χ3n) is 2.90. The van der Waals surface area contributed by atoms with E-state index >= 15 is 0 Å². The van der Waals surface area contributed by atoms with Gasteiger partial charge in [-0.05, 0) is 25.0 Å². The van der Waals surface area contributed by atoms with E-state index in [0.717, 1.165) is 18.8 Å². The molecule has 2 heteroatoms. The maximum absolute atomic E-state index is 5.75. The molecule has 2 N–H and O–H groups in total. The lowest BCUT2D eigenvalue weighted by molar-refractivity contribution is 0.144. The van der Waals surface area contributed by atoms with Crippen LogP contribution in [0.5, 0.6) is 5.75 Å². The van der Waals surface area contributed by atoms with Crippen LogP contribution in [0.2, 0.25) is 0 Å². The van der Waals surface area contributed by atoms with E-state index < -0.39 is 0 Å². The predicted molar refractivity (Wildman–Crippen MR) is 57.5 cm³/mol. The Labute approximate surface area is 85.1 Å². The first-order chi connectivity index (χ1) is 6.63. The molecule has 1 aromatic rings. The SMILES string of the molecule is Cc1ccc2c(c1)CC(C)(CN)CO2. The number of aryl methyl sites for hydroxylation is 1. The third kappa shape index (κ3) is 1.62. The molecular formula is C12H17NO. The standard InChI is InChI=1S/C12H17NO/c1-9-3-4-11-10(5-9)6-12(2,7-13)8-14-11/h3-5H,6-8,13H2,1-2H3. The van der Waals surface area contributed by atoms with Crippen molar-refractivity contribution in [2.75, 3.05) is 13.2 Å². The zero-order valence-corrected chi connectivity index (χ0v) is 8.84. The van der Waals surface area contributed by atoms with Crippen molar-refractivity contribution in [3.8, 4) is 5.75 Å². The Hall–Kier alpha value is -1.02. The van der Waals surface area contributed by atoms with Gasteiger partial charge in [-0.15, -0.1) is 0 Å². The van der Waals surface area contributed by atoms with Gasteiger partial charge in [0.05, 0.1) is 6.61 Å². The maximum Gasteiger partial charge on any atom is 0.122 e. The van der Waals surface area contributed by atoms with Gasteiger partial charge in [0.15, 0.2) is 0 Å². The summed E-state index contributed by atoms with van der Waals surface area (Å²) in [6, 6.07) is 6.34. The Balaban J connectivity index is 2.33. The molecule has 0 amide bonds. The van der Waals surface area contributed by atoms with Gasteiger partial charge in [0.25, 0.3) is 0 Å². The van der Waals surface area contributed by atoms with Crippen LogP contribution in [0.15, 0.2) is 18.2 Å². The number of ether oxygens (including phenoxy) is 1. The fourth-order valence-corrected chi connectivity index (χ4v) is 1.88. The number of benzene rings is 1. The van der Waals surface area contributed by atoms with Crippen LogP contribution in [0, 0.1) is 12.3 Å². The molecule has 0 saturated carbocycles. The number of fused-ring (bicyclic) bond motifs is 1. The summed E-state index contributed by atoms with van der Waals surface area (Å²) in [5.41, 5.74) is 8.45. The minimum Gasteiger partial charge on any atom is -0.493 e. The molecule has 1 unspecified atom stereocenters. The normalized spacial score (nSPS) is 25.4. The number of hydrogen-bond acceptors (Lipinski definition) is 2. The summed E-state index contributed by atoms with van der Waals surface area (Å²) < 4.78 is 5.70. The highest BCUT2D eigenvalue weighted by Crippen LogP contribution is 2.33. The average Bonchev–Trinajstić information content (AvgIpc) is 2.17. The first-order valence-corrected chi connectivity index (χ1v) is 5.05. The van der Waals surface area contributed by atoms with Crippen LogP contribution in [0.1, 0.15) is 18.1 Å². The summed E-state index contributed by atoms with van der Waals surface area (Å²) >= 11 is 0. The summed E-state index contributed by atoms with van der Waals surface area (Å²) in [5, 5.41) is 0. The van der Waals surface area contributed by atoms with Crippen molar-refractivity contribution in [3.05, 3.63) is 29.3 Å². The number of nitrogens with two attached hydrogens (primary N) is 1. The van der Waals surface area contributed by atoms with E-state index in [9.17, 15) is 0 Å². The maximum atomic E-state index is 5.75. The van der Waals surface area contributed by atoms with Crippen molar-refractivity contribution in [2.24, 2.45) is 11.1 Å². The Kier molecular flexibility index (Phi) is 2.23. The molecule has 1 atom stereocenters. The summed E-state index contributed by atoms with van der Waals surface area (Å²) in [6.07, 6.45) is 1.03. The summed E-state index contributed by atoms with van der Waals surface area (Å²) in [7, 11) is 0. The molecule has 0 saturated heterocycles. The summed E-state index contributed by atoms with van der Waals surface area (Å²) in [6.45, 7) is 5.70. The molecule has 0 aliphatic carbocycles. The smallest absolute Gasteiger partial charge is 0.122 e. The monoisotopic (exact) mass is 191 g/mol. The predicted octanol–water partition coefficient (Wildman–Crippen LogP) is 1.89. The minimum atomic E-state index is 0.112. The van der Waals surface area contributed by atoms with E-state index in [1.54, 1.807) is 0 Å². The first kappa shape index (κ1) is 9.53. The second-order valence-electron chi connectivity index (χ2n) is 4.59. The fourth-order valence-electron chi connectivity index (χ4n) is 1.88. The fraction of sp³-hybridized carbons (Fsp3) is 0.500. The Morgan fingerprint density at radius 1 is 1.50 bits per heavy atom. The van der Waals surface area contributed by atoms with Crippen LogP contribution in [-0.4, -0.2) is 13.2 Å². The Bertz CT molecular complexity index is 348. The van der Waals surface area contributed by atoms with Gasteiger partial charge in [0.2, 0.25) is 0 Å². The van der Waals surface area contributed by atoms with Gasteiger partial charge in [-0.2, -0.15) is 0 Å². The molecule has 0 fully saturated rings. The lowest BCUT2D eigenvalue weighted by Gasteiger charge is -2.33. The van der Waals surface area contributed by atoms with Crippen molar-refractivity contribution >= 4 is 0 Å². The third-order valence-corrected chi connectivity index (χ3v) is 2.90. The highest BCUT2D eigenvalue weighted by molar-refractivity contribution is 5.39. The summed E-state index contributed by atoms with van der Waals surface area (Å²) in [4.78, 5) is 0. The van der Waals surface area contributed by atoms with E-state index in [0.29, 0.717) is 6.54 Å². The minimum absolute atomic E-state index is 0.112. The van der Waals surface area contributed by atoms with Gasteiger partial charge in [-0.1, -0.05) is 24.6 Å². The molecule has 1 aromatic carbocycles. The molecule has 1 aliphatic rings. The lowest BCUT2D eigenvalue weighted by atomic mass is 9.82. The second-order valence-corrected chi connectivity index (χ2v) is 4.59. The zero-order valence-electron chi connectivity index (χ0n) is 8.84. The molecule has 0 spiro atoms. The van der Waals surface area contributed by atoms with Crippen LogP contribution >= 0.6 is 0 Å². The molecule has 2 rings (SSSR count). The van der Waals surface area contributed by atoms with Gasteiger partial charge in [0.1, 0.15) is 5.75 Å². The highest BCUT2D eigenvalue weighted by atomic mass is 16.5. The number of hydrogen-bond donors (Lipinski definition) is 1. The van der Waals surface area contributed by atoms with Gasteiger partial charge >= 0.3 is 0 Å². The van der Waals surface area contributed by atoms with Crippen LogP contribution in [0.4, 0.5) is 0 Å². The van der Waals surface area contributed by atoms with E-state index in [1.165, 1.54) is 11.1 Å². The molecule has 14 heavy (non-hydrogen) atoms. The lowest BCUT2D eigenvalue weighted by Crippen LogP contribution is -2.38. The van der Waals surface area contributed by atoms with E-state index in [-0.39, 0.29) is 5.41 Å². The van der Waals surface area contributed by atoms with Gasteiger partial charge in [0, 0.05) is 12.0 Å². The summed E-state index contributed by atoms with van der Waals surface area (Å²) in [5.74, 6) is 1.03. The number of rotatable bonds is 1. The van der Waals surface area contributed by atoms with Crippen LogP contribution < -0.4 is 10.5 Å². The first-order valence-electron chi connectivity index (χ1n) is 5.05. The van der Waals surface area contributed by atoms with Crippen LogP contribution in [0.3, 0.4) is 0 Å². The van der Waals surface area contributed by atoms with Crippen molar-refractivity contribution in [2.45, 2.75) is 20.3 Å². The van der Waals surface area contributed by atoms with Crippen LogP contribution in [-0.2, 0) is 6.42 Å². The average molecular weight is 191 g/mol. The van der Waals surface area contributed by atoms with E-state index in [2.05, 4.69) is 32.0 Å². The second kappa shape index (κ2) is 3.28. The molecule has 1 aliphatic heterocycles. The molecule has 0 bridgehead atoms. The van der Waals surface area contributed by atoms with E-state index in [1.807, 2.05) is 0 Å². The molecular weight excluding hydrogens is 174 g/mol. The zero-order chi connectivity index (χ0) is 10.2. The molecule has 1 heterocycles. The van der Waals surface area contributed by atoms with Gasteiger partial charge in [-0.25, -0.2) is 0 Å². The van der Waals surface area contributed by atoms with Crippen molar-refractivity contribution in [1.82, 2.24) is 0 Å². The van der Waals surface area contributed by atoms with Gasteiger partial charge in [-0.3, -0.25) is 0 Å². The van der Waals surface area contributed by atoms with Gasteiger partial charge < -0.3 is 10.5 Å². The molecule has 0 radical (unpaired) electrons. The largest absolute Gasteiger partial charge is 0.493 e. The molecule has 76 valence electrons. The quantitative estimate of drug-likeness (QED) is 0.735. The van der Waals surface area contributed by atoms with Crippen LogP contribution in [0.25, 0.3) is 0 Å². The highest BCUT2D eigenvalue weighted by Gasteiger charge is 2.29.